The van der Waals surface area contributed by atoms with E-state index in [4.69, 9.17) is 4.74 Å². The Morgan fingerprint density at radius 1 is 1.38 bits per heavy atom. The SMILES string of the molecule is CCC(=O)CNC(=O)OC(C)(C)C.[HH]. The molecular weight excluding hydrogens is 170 g/mol. The number of ketones is 1. The number of rotatable bonds is 3. The highest BCUT2D eigenvalue weighted by molar-refractivity contribution is 5.83. The first kappa shape index (κ1) is 11.9. The van der Waals surface area contributed by atoms with Crippen molar-refractivity contribution < 1.29 is 15.8 Å². The Morgan fingerprint density at radius 2 is 1.92 bits per heavy atom. The van der Waals surface area contributed by atoms with Crippen LogP contribution in [0.2, 0.25) is 0 Å². The van der Waals surface area contributed by atoms with Crippen molar-refractivity contribution in [2.75, 3.05) is 6.54 Å². The zero-order valence-corrected chi connectivity index (χ0v) is 8.64. The Morgan fingerprint density at radius 3 is 2.31 bits per heavy atom. The average molecular weight is 189 g/mol. The maximum Gasteiger partial charge on any atom is 0.408 e. The fourth-order valence-electron chi connectivity index (χ4n) is 0.610. The molecule has 1 N–H and O–H groups in total. The van der Waals surface area contributed by atoms with Crippen LogP contribution in [0.25, 0.3) is 0 Å². The van der Waals surface area contributed by atoms with E-state index in [0.717, 1.165) is 0 Å². The van der Waals surface area contributed by atoms with Gasteiger partial charge in [0.05, 0.1) is 6.54 Å². The standard InChI is InChI=1S/C9H17NO3.H2/c1-5-7(11)6-10-8(12)13-9(2,3)4;/h5-6H2,1-4H3,(H,10,12);1H. The van der Waals surface area contributed by atoms with Crippen LogP contribution in [0, 0.1) is 0 Å². The second-order valence-electron chi connectivity index (χ2n) is 3.75. The Bertz CT molecular complexity index is 199. The molecule has 13 heavy (non-hydrogen) atoms. The zero-order valence-electron chi connectivity index (χ0n) is 8.64. The van der Waals surface area contributed by atoms with Crippen molar-refractivity contribution in [3.63, 3.8) is 0 Å². The number of hydrogen-bond acceptors (Lipinski definition) is 3. The fraction of sp³-hybridized carbons (Fsp3) is 0.778. The first-order valence-corrected chi connectivity index (χ1v) is 4.33. The Kier molecular flexibility index (Phi) is 4.45. The summed E-state index contributed by atoms with van der Waals surface area (Å²) in [4.78, 5) is 21.8. The predicted molar refractivity (Wildman–Crippen MR) is 51.6 cm³/mol. The molecule has 4 nitrogen and oxygen atoms in total. The molecule has 0 saturated carbocycles. The van der Waals surface area contributed by atoms with Gasteiger partial charge >= 0.3 is 6.09 Å². The molecule has 0 spiro atoms. The minimum Gasteiger partial charge on any atom is -0.444 e. The number of nitrogens with one attached hydrogen (secondary N) is 1. The number of ether oxygens (including phenoxy) is 1. The second-order valence-corrected chi connectivity index (χ2v) is 3.75. The predicted octanol–water partition coefficient (Wildman–Crippen LogP) is 1.74. The Balaban J connectivity index is 0. The quantitative estimate of drug-likeness (QED) is 0.735. The van der Waals surface area contributed by atoms with Crippen LogP contribution in [0.1, 0.15) is 35.5 Å². The topological polar surface area (TPSA) is 55.4 Å². The monoisotopic (exact) mass is 189 g/mol. The van der Waals surface area contributed by atoms with Crippen LogP contribution in [-0.2, 0) is 9.53 Å². The van der Waals surface area contributed by atoms with E-state index in [9.17, 15) is 9.59 Å². The molecule has 0 saturated heterocycles. The average Bonchev–Trinajstić information content (AvgIpc) is 1.97. The van der Waals surface area contributed by atoms with E-state index in [1.807, 2.05) is 0 Å². The van der Waals surface area contributed by atoms with Crippen molar-refractivity contribution >= 4 is 11.9 Å². The number of amides is 1. The largest absolute Gasteiger partial charge is 0.444 e. The van der Waals surface area contributed by atoms with Crippen molar-refractivity contribution in [1.82, 2.24) is 5.32 Å². The summed E-state index contributed by atoms with van der Waals surface area (Å²) >= 11 is 0. The third kappa shape index (κ3) is 7.31. The molecule has 0 aliphatic heterocycles. The van der Waals surface area contributed by atoms with Crippen molar-refractivity contribution in [3.8, 4) is 0 Å². The number of carbonyl (C=O) groups is 2. The summed E-state index contributed by atoms with van der Waals surface area (Å²) in [5, 5.41) is 2.38. The Labute approximate surface area is 80.1 Å². The van der Waals surface area contributed by atoms with Gasteiger partial charge in [-0.3, -0.25) is 4.79 Å². The van der Waals surface area contributed by atoms with Gasteiger partial charge < -0.3 is 10.1 Å². The summed E-state index contributed by atoms with van der Waals surface area (Å²) in [6, 6.07) is 0. The summed E-state index contributed by atoms with van der Waals surface area (Å²) in [5.74, 6) is -0.00846. The minimum absolute atomic E-state index is 0. The van der Waals surface area contributed by atoms with Crippen LogP contribution in [0.5, 0.6) is 0 Å². The summed E-state index contributed by atoms with van der Waals surface area (Å²) in [6.45, 7) is 7.11. The molecule has 4 heteroatoms. The summed E-state index contributed by atoms with van der Waals surface area (Å²) in [5.41, 5.74) is -0.515. The molecule has 1 amide bonds. The maximum absolute atomic E-state index is 11.0. The van der Waals surface area contributed by atoms with Gasteiger partial charge in [0.2, 0.25) is 0 Å². The highest BCUT2D eigenvalue weighted by atomic mass is 16.6. The van der Waals surface area contributed by atoms with Crippen molar-refractivity contribution in [1.29, 1.82) is 0 Å². The maximum atomic E-state index is 11.0. The molecule has 0 aromatic rings. The van der Waals surface area contributed by atoms with Gasteiger partial charge in [-0.05, 0) is 20.8 Å². The lowest BCUT2D eigenvalue weighted by atomic mass is 10.2. The lowest BCUT2D eigenvalue weighted by molar-refractivity contribution is -0.118. The third-order valence-electron chi connectivity index (χ3n) is 1.22. The van der Waals surface area contributed by atoms with Crippen molar-refractivity contribution in [2.24, 2.45) is 0 Å². The van der Waals surface area contributed by atoms with Gasteiger partial charge in [0.25, 0.3) is 0 Å². The minimum atomic E-state index is -0.547. The molecule has 0 rings (SSSR count). The molecule has 0 heterocycles. The van der Waals surface area contributed by atoms with Gasteiger partial charge in [0, 0.05) is 7.85 Å². The van der Waals surface area contributed by atoms with E-state index in [1.54, 1.807) is 27.7 Å². The van der Waals surface area contributed by atoms with Gasteiger partial charge in [0.1, 0.15) is 5.60 Å². The zero-order chi connectivity index (χ0) is 10.5. The number of Topliss-reactive ketones (excluding diaryl/α,β-unsaturated/α-hetero) is 1. The van der Waals surface area contributed by atoms with E-state index in [2.05, 4.69) is 5.32 Å². The number of hydrogen-bond donors (Lipinski definition) is 1. The summed E-state index contributed by atoms with van der Waals surface area (Å²) in [7, 11) is 0. The van der Waals surface area contributed by atoms with Crippen molar-refractivity contribution in [2.45, 2.75) is 39.7 Å². The molecule has 0 fully saturated rings. The van der Waals surface area contributed by atoms with E-state index in [-0.39, 0.29) is 13.8 Å². The molecule has 0 radical (unpaired) electrons. The smallest absolute Gasteiger partial charge is 0.408 e. The van der Waals surface area contributed by atoms with E-state index < -0.39 is 11.7 Å². The van der Waals surface area contributed by atoms with E-state index in [0.29, 0.717) is 6.42 Å². The molecule has 78 valence electrons. The van der Waals surface area contributed by atoms with Crippen molar-refractivity contribution in [3.05, 3.63) is 0 Å². The van der Waals surface area contributed by atoms with Crippen LogP contribution in [0.4, 0.5) is 4.79 Å². The van der Waals surface area contributed by atoms with Crippen LogP contribution in [0.3, 0.4) is 0 Å². The van der Waals surface area contributed by atoms with Crippen LogP contribution in [0.15, 0.2) is 0 Å². The van der Waals surface area contributed by atoms with Gasteiger partial charge in [0.15, 0.2) is 5.78 Å². The number of carbonyl (C=O) groups excluding carboxylic acids is 2. The lowest BCUT2D eigenvalue weighted by Crippen LogP contribution is -2.35. The molecule has 0 unspecified atom stereocenters. The normalized spacial score (nSPS) is 10.8. The number of alkyl carbamates (subject to hydrolysis) is 1. The first-order valence-electron chi connectivity index (χ1n) is 4.33. The van der Waals surface area contributed by atoms with Gasteiger partial charge in [-0.15, -0.1) is 0 Å². The molecule has 0 bridgehead atoms. The molecule has 0 atom stereocenters. The van der Waals surface area contributed by atoms with Gasteiger partial charge in [-0.2, -0.15) is 0 Å². The summed E-state index contributed by atoms with van der Waals surface area (Å²) < 4.78 is 4.93. The molecule has 0 aromatic heterocycles. The third-order valence-corrected chi connectivity index (χ3v) is 1.22. The second kappa shape index (κ2) is 4.84. The molecule has 0 aliphatic carbocycles. The fourth-order valence-corrected chi connectivity index (χ4v) is 0.610. The van der Waals surface area contributed by atoms with Crippen LogP contribution >= 0.6 is 0 Å². The van der Waals surface area contributed by atoms with E-state index >= 15 is 0 Å². The first-order chi connectivity index (χ1) is 5.85. The van der Waals surface area contributed by atoms with Crippen LogP contribution in [-0.4, -0.2) is 24.0 Å². The summed E-state index contributed by atoms with van der Waals surface area (Å²) in [6.07, 6.45) is -0.121. The highest BCUT2D eigenvalue weighted by Gasteiger charge is 2.15. The van der Waals surface area contributed by atoms with Crippen LogP contribution < -0.4 is 5.32 Å². The molecule has 0 aromatic carbocycles. The molecule has 0 aliphatic rings. The van der Waals surface area contributed by atoms with Gasteiger partial charge in [-0.25, -0.2) is 4.79 Å². The highest BCUT2D eigenvalue weighted by Crippen LogP contribution is 2.06. The lowest BCUT2D eigenvalue weighted by Gasteiger charge is -2.19. The van der Waals surface area contributed by atoms with Gasteiger partial charge in [-0.1, -0.05) is 6.92 Å². The van der Waals surface area contributed by atoms with E-state index in [1.165, 1.54) is 0 Å². The molecular formula is C9H19NO3. The Hall–Kier alpha value is -1.06.